The predicted molar refractivity (Wildman–Crippen MR) is 80.8 cm³/mol. The topological polar surface area (TPSA) is 12.0 Å². The molecule has 0 heterocycles. The lowest BCUT2D eigenvalue weighted by molar-refractivity contribution is 0.527. The second-order valence-electron chi connectivity index (χ2n) is 5.46. The van der Waals surface area contributed by atoms with Gasteiger partial charge in [0.25, 0.3) is 0 Å². The third-order valence-corrected chi connectivity index (χ3v) is 3.62. The highest BCUT2D eigenvalue weighted by Gasteiger charge is 2.09. The van der Waals surface area contributed by atoms with Gasteiger partial charge in [-0.25, -0.2) is 0 Å². The van der Waals surface area contributed by atoms with Crippen LogP contribution in [0.15, 0.2) is 16.6 Å². The molecule has 1 aromatic rings. The number of benzene rings is 1. The molecule has 0 radical (unpaired) electrons. The largest absolute Gasteiger partial charge is 0.381 e. The fourth-order valence-electron chi connectivity index (χ4n) is 2.00. The maximum absolute atomic E-state index is 3.64. The molecule has 17 heavy (non-hydrogen) atoms. The second-order valence-corrected chi connectivity index (χ2v) is 6.31. The highest BCUT2D eigenvalue weighted by molar-refractivity contribution is 9.10. The van der Waals surface area contributed by atoms with Gasteiger partial charge in [0, 0.05) is 10.5 Å². The molecule has 0 aromatic heterocycles. The van der Waals surface area contributed by atoms with E-state index in [4.69, 9.17) is 0 Å². The Morgan fingerprint density at radius 1 is 1.12 bits per heavy atom. The standard InChI is InChI=1S/C15H24BrN/c1-10(2)6-7-13(5)17-15-12(4)8-11(3)9-14(15)16/h8-10,13,17H,6-7H2,1-5H3. The molecule has 0 fully saturated rings. The summed E-state index contributed by atoms with van der Waals surface area (Å²) in [6.07, 6.45) is 2.49. The Morgan fingerprint density at radius 3 is 2.29 bits per heavy atom. The van der Waals surface area contributed by atoms with Crippen molar-refractivity contribution < 1.29 is 0 Å². The lowest BCUT2D eigenvalue weighted by Gasteiger charge is -2.19. The lowest BCUT2D eigenvalue weighted by atomic mass is 10.0. The van der Waals surface area contributed by atoms with Crippen molar-refractivity contribution in [3.8, 4) is 0 Å². The van der Waals surface area contributed by atoms with Crippen LogP contribution in [0.4, 0.5) is 5.69 Å². The van der Waals surface area contributed by atoms with Gasteiger partial charge in [0.1, 0.15) is 0 Å². The van der Waals surface area contributed by atoms with E-state index in [2.05, 4.69) is 68.0 Å². The van der Waals surface area contributed by atoms with Crippen LogP contribution >= 0.6 is 15.9 Å². The van der Waals surface area contributed by atoms with E-state index in [0.29, 0.717) is 6.04 Å². The Balaban J connectivity index is 2.68. The summed E-state index contributed by atoms with van der Waals surface area (Å²) in [4.78, 5) is 0. The Bertz CT molecular complexity index is 348. The van der Waals surface area contributed by atoms with Crippen molar-refractivity contribution in [1.29, 1.82) is 0 Å². The molecule has 0 aliphatic rings. The zero-order valence-corrected chi connectivity index (χ0v) is 13.2. The molecule has 96 valence electrons. The van der Waals surface area contributed by atoms with Crippen molar-refractivity contribution in [3.63, 3.8) is 0 Å². The van der Waals surface area contributed by atoms with Crippen LogP contribution in [-0.4, -0.2) is 6.04 Å². The van der Waals surface area contributed by atoms with Crippen LogP contribution in [0.1, 0.15) is 44.7 Å². The summed E-state index contributed by atoms with van der Waals surface area (Å²) in [6.45, 7) is 11.1. The van der Waals surface area contributed by atoms with Crippen LogP contribution in [0, 0.1) is 19.8 Å². The number of hydrogen-bond acceptors (Lipinski definition) is 1. The number of rotatable bonds is 5. The third kappa shape index (κ3) is 4.71. The third-order valence-electron chi connectivity index (χ3n) is 3.00. The van der Waals surface area contributed by atoms with E-state index in [1.54, 1.807) is 0 Å². The van der Waals surface area contributed by atoms with Crippen LogP contribution in [-0.2, 0) is 0 Å². The first-order chi connectivity index (χ1) is 7.90. The SMILES string of the molecule is Cc1cc(C)c(NC(C)CCC(C)C)c(Br)c1. The molecule has 1 rings (SSSR count). The van der Waals surface area contributed by atoms with Crippen LogP contribution in [0.5, 0.6) is 0 Å². The lowest BCUT2D eigenvalue weighted by Crippen LogP contribution is -2.17. The summed E-state index contributed by atoms with van der Waals surface area (Å²) in [5, 5.41) is 3.61. The number of halogens is 1. The maximum atomic E-state index is 3.64. The first kappa shape index (κ1) is 14.6. The van der Waals surface area contributed by atoms with Crippen molar-refractivity contribution >= 4 is 21.6 Å². The molecule has 1 unspecified atom stereocenters. The molecule has 0 bridgehead atoms. The van der Waals surface area contributed by atoms with Crippen molar-refractivity contribution in [1.82, 2.24) is 0 Å². The van der Waals surface area contributed by atoms with Gasteiger partial charge in [0.15, 0.2) is 0 Å². The van der Waals surface area contributed by atoms with Gasteiger partial charge < -0.3 is 5.32 Å². The minimum atomic E-state index is 0.523. The number of hydrogen-bond donors (Lipinski definition) is 1. The van der Waals surface area contributed by atoms with Gasteiger partial charge in [0.2, 0.25) is 0 Å². The van der Waals surface area contributed by atoms with E-state index in [1.165, 1.54) is 34.1 Å². The highest BCUT2D eigenvalue weighted by Crippen LogP contribution is 2.28. The molecular weight excluding hydrogens is 274 g/mol. The average Bonchev–Trinajstić information content (AvgIpc) is 2.20. The van der Waals surface area contributed by atoms with Gasteiger partial charge in [-0.15, -0.1) is 0 Å². The molecule has 1 nitrogen and oxygen atoms in total. The molecule has 0 aliphatic carbocycles. The molecule has 1 atom stereocenters. The number of anilines is 1. The summed E-state index contributed by atoms with van der Waals surface area (Å²) in [6, 6.07) is 4.92. The molecule has 1 N–H and O–H groups in total. The van der Waals surface area contributed by atoms with Gasteiger partial charge in [-0.05, 0) is 72.7 Å². The summed E-state index contributed by atoms with van der Waals surface area (Å²) in [5.74, 6) is 0.779. The first-order valence-electron chi connectivity index (χ1n) is 6.43. The minimum Gasteiger partial charge on any atom is -0.381 e. The molecule has 2 heteroatoms. The van der Waals surface area contributed by atoms with Crippen LogP contribution < -0.4 is 5.32 Å². The summed E-state index contributed by atoms with van der Waals surface area (Å²) < 4.78 is 1.17. The molecular formula is C15H24BrN. The normalized spacial score (nSPS) is 12.9. The van der Waals surface area contributed by atoms with E-state index < -0.39 is 0 Å². The van der Waals surface area contributed by atoms with Gasteiger partial charge in [-0.2, -0.15) is 0 Å². The monoisotopic (exact) mass is 297 g/mol. The molecule has 0 aliphatic heterocycles. The van der Waals surface area contributed by atoms with Crippen molar-refractivity contribution in [2.24, 2.45) is 5.92 Å². The quantitative estimate of drug-likeness (QED) is 0.777. The second kappa shape index (κ2) is 6.44. The molecule has 0 saturated heterocycles. The summed E-state index contributed by atoms with van der Waals surface area (Å²) in [5.41, 5.74) is 3.86. The Labute approximate surface area is 114 Å². The van der Waals surface area contributed by atoms with E-state index >= 15 is 0 Å². The van der Waals surface area contributed by atoms with Crippen LogP contribution in [0.3, 0.4) is 0 Å². The van der Waals surface area contributed by atoms with Gasteiger partial charge in [-0.1, -0.05) is 19.9 Å². The van der Waals surface area contributed by atoms with Gasteiger partial charge in [-0.3, -0.25) is 0 Å². The van der Waals surface area contributed by atoms with E-state index in [-0.39, 0.29) is 0 Å². The predicted octanol–water partition coefficient (Wildman–Crippen LogP) is 5.30. The smallest absolute Gasteiger partial charge is 0.0516 e. The molecule has 0 spiro atoms. The molecule has 1 aromatic carbocycles. The van der Waals surface area contributed by atoms with Gasteiger partial charge >= 0.3 is 0 Å². The Kier molecular flexibility index (Phi) is 5.51. The molecule has 0 amide bonds. The van der Waals surface area contributed by atoms with E-state index in [0.717, 1.165) is 5.92 Å². The van der Waals surface area contributed by atoms with Gasteiger partial charge in [0.05, 0.1) is 5.69 Å². The zero-order valence-electron chi connectivity index (χ0n) is 11.6. The fourth-order valence-corrected chi connectivity index (χ4v) is 2.79. The summed E-state index contributed by atoms with van der Waals surface area (Å²) >= 11 is 3.64. The minimum absolute atomic E-state index is 0.523. The zero-order chi connectivity index (χ0) is 13.0. The Morgan fingerprint density at radius 2 is 1.76 bits per heavy atom. The first-order valence-corrected chi connectivity index (χ1v) is 7.22. The Hall–Kier alpha value is -0.500. The van der Waals surface area contributed by atoms with Crippen molar-refractivity contribution in [2.45, 2.75) is 53.5 Å². The van der Waals surface area contributed by atoms with Crippen LogP contribution in [0.25, 0.3) is 0 Å². The van der Waals surface area contributed by atoms with Crippen LogP contribution in [0.2, 0.25) is 0 Å². The van der Waals surface area contributed by atoms with E-state index in [9.17, 15) is 0 Å². The number of nitrogens with one attached hydrogen (secondary N) is 1. The average molecular weight is 298 g/mol. The van der Waals surface area contributed by atoms with E-state index in [1.807, 2.05) is 0 Å². The fraction of sp³-hybridized carbons (Fsp3) is 0.600. The van der Waals surface area contributed by atoms with Crippen molar-refractivity contribution in [3.05, 3.63) is 27.7 Å². The summed E-state index contributed by atoms with van der Waals surface area (Å²) in [7, 11) is 0. The highest BCUT2D eigenvalue weighted by atomic mass is 79.9. The molecule has 0 saturated carbocycles. The van der Waals surface area contributed by atoms with Crippen molar-refractivity contribution in [2.75, 3.05) is 5.32 Å². The maximum Gasteiger partial charge on any atom is 0.0516 e. The number of aryl methyl sites for hydroxylation is 2.